The van der Waals surface area contributed by atoms with Gasteiger partial charge >= 0.3 is 0 Å². The fourth-order valence-electron chi connectivity index (χ4n) is 2.08. The van der Waals surface area contributed by atoms with Crippen LogP contribution in [0.15, 0.2) is 36.7 Å². The zero-order valence-corrected chi connectivity index (χ0v) is 13.8. The highest BCUT2D eigenvalue weighted by Crippen LogP contribution is 2.22. The van der Waals surface area contributed by atoms with Crippen LogP contribution in [0.2, 0.25) is 0 Å². The van der Waals surface area contributed by atoms with E-state index in [9.17, 15) is 0 Å². The van der Waals surface area contributed by atoms with Crippen LogP contribution in [0.5, 0.6) is 5.75 Å². The molecule has 0 saturated carbocycles. The molecule has 0 bridgehead atoms. The quantitative estimate of drug-likeness (QED) is 0.838. The maximum atomic E-state index is 9.05. The Morgan fingerprint density at radius 1 is 1.13 bits per heavy atom. The molecule has 0 aliphatic rings. The third kappa shape index (κ3) is 4.96. The summed E-state index contributed by atoms with van der Waals surface area (Å²) in [6, 6.07) is 10.0. The third-order valence-electron chi connectivity index (χ3n) is 3.50. The Balaban J connectivity index is 1.97. The van der Waals surface area contributed by atoms with Gasteiger partial charge in [-0.3, -0.25) is 0 Å². The highest BCUT2D eigenvalue weighted by molar-refractivity contribution is 5.48. The predicted octanol–water partition coefficient (Wildman–Crippen LogP) is 3.95. The molecule has 0 fully saturated rings. The van der Waals surface area contributed by atoms with E-state index in [0.29, 0.717) is 17.4 Å². The van der Waals surface area contributed by atoms with E-state index in [1.807, 2.05) is 37.3 Å². The molecule has 0 radical (unpaired) electrons. The van der Waals surface area contributed by atoms with Crippen LogP contribution in [0.25, 0.3) is 0 Å². The van der Waals surface area contributed by atoms with Crippen LogP contribution in [0.1, 0.15) is 44.5 Å². The van der Waals surface area contributed by atoms with Crippen molar-refractivity contribution >= 4 is 5.82 Å². The molecule has 2 rings (SSSR count). The number of hydrogen-bond acceptors (Lipinski definition) is 5. The van der Waals surface area contributed by atoms with Crippen molar-refractivity contribution in [3.05, 3.63) is 47.9 Å². The van der Waals surface area contributed by atoms with Gasteiger partial charge in [-0.15, -0.1) is 0 Å². The molecule has 2 aromatic rings. The van der Waals surface area contributed by atoms with Gasteiger partial charge in [0.15, 0.2) is 11.5 Å². The summed E-state index contributed by atoms with van der Waals surface area (Å²) < 4.78 is 5.72. The van der Waals surface area contributed by atoms with Crippen LogP contribution in [-0.4, -0.2) is 16.6 Å². The van der Waals surface area contributed by atoms with Crippen molar-refractivity contribution in [1.29, 1.82) is 5.26 Å². The lowest BCUT2D eigenvalue weighted by atomic mass is 10.1. The topological polar surface area (TPSA) is 70.8 Å². The summed E-state index contributed by atoms with van der Waals surface area (Å²) in [5.74, 6) is 2.01. The lowest BCUT2D eigenvalue weighted by Crippen LogP contribution is -2.10. The first-order valence-electron chi connectivity index (χ1n) is 7.80. The van der Waals surface area contributed by atoms with E-state index < -0.39 is 0 Å². The smallest absolute Gasteiger partial charge is 0.182 e. The first kappa shape index (κ1) is 16.8. The second-order valence-corrected chi connectivity index (χ2v) is 5.83. The van der Waals surface area contributed by atoms with Gasteiger partial charge in [0.2, 0.25) is 0 Å². The summed E-state index contributed by atoms with van der Waals surface area (Å²) in [4.78, 5) is 8.17. The molecule has 1 unspecified atom stereocenters. The molecular formula is C18H22N4O. The summed E-state index contributed by atoms with van der Waals surface area (Å²) in [6.45, 7) is 7.12. The normalized spacial score (nSPS) is 11.8. The SMILES string of the molecule is CC(C)CCOc1ccc(C(C)Nc2nccnc2C#N)cc1. The van der Waals surface area contributed by atoms with Crippen molar-refractivity contribution in [2.45, 2.75) is 33.2 Å². The fourth-order valence-corrected chi connectivity index (χ4v) is 2.08. The molecule has 0 amide bonds. The van der Waals surface area contributed by atoms with Gasteiger partial charge in [-0.1, -0.05) is 26.0 Å². The maximum Gasteiger partial charge on any atom is 0.182 e. The molecule has 1 aromatic carbocycles. The third-order valence-corrected chi connectivity index (χ3v) is 3.50. The van der Waals surface area contributed by atoms with Crippen LogP contribution in [0.3, 0.4) is 0 Å². The lowest BCUT2D eigenvalue weighted by molar-refractivity contribution is 0.289. The van der Waals surface area contributed by atoms with Gasteiger partial charge in [0.1, 0.15) is 11.8 Å². The van der Waals surface area contributed by atoms with E-state index in [4.69, 9.17) is 10.00 Å². The Morgan fingerprint density at radius 3 is 2.48 bits per heavy atom. The zero-order chi connectivity index (χ0) is 16.7. The summed E-state index contributed by atoms with van der Waals surface area (Å²) >= 11 is 0. The summed E-state index contributed by atoms with van der Waals surface area (Å²) in [5.41, 5.74) is 1.39. The van der Waals surface area contributed by atoms with Crippen molar-refractivity contribution in [2.24, 2.45) is 5.92 Å². The highest BCUT2D eigenvalue weighted by Gasteiger charge is 2.10. The summed E-state index contributed by atoms with van der Waals surface area (Å²) in [6.07, 6.45) is 4.13. The Kier molecular flexibility index (Phi) is 5.93. The molecule has 1 heterocycles. The minimum absolute atomic E-state index is 0.0171. The number of benzene rings is 1. The average molecular weight is 310 g/mol. The van der Waals surface area contributed by atoms with E-state index >= 15 is 0 Å². The molecule has 0 aliphatic carbocycles. The minimum atomic E-state index is 0.0171. The van der Waals surface area contributed by atoms with Crippen molar-refractivity contribution in [3.8, 4) is 11.8 Å². The van der Waals surface area contributed by atoms with Gasteiger partial charge in [-0.2, -0.15) is 5.26 Å². The predicted molar refractivity (Wildman–Crippen MR) is 90.2 cm³/mol. The van der Waals surface area contributed by atoms with Crippen LogP contribution < -0.4 is 10.1 Å². The minimum Gasteiger partial charge on any atom is -0.494 e. The van der Waals surface area contributed by atoms with Crippen LogP contribution in [0, 0.1) is 17.2 Å². The standard InChI is InChI=1S/C18H22N4O/c1-13(2)8-11-23-16-6-4-15(5-7-16)14(3)22-18-17(12-19)20-9-10-21-18/h4-7,9-10,13-14H,8,11H2,1-3H3,(H,21,22). The Labute approximate surface area is 137 Å². The van der Waals surface area contributed by atoms with E-state index in [0.717, 1.165) is 24.3 Å². The molecule has 23 heavy (non-hydrogen) atoms. The molecule has 5 nitrogen and oxygen atoms in total. The number of anilines is 1. The van der Waals surface area contributed by atoms with Gasteiger partial charge in [0.25, 0.3) is 0 Å². The second kappa shape index (κ2) is 8.14. The molecule has 1 atom stereocenters. The van der Waals surface area contributed by atoms with Gasteiger partial charge in [-0.25, -0.2) is 9.97 Å². The first-order valence-corrected chi connectivity index (χ1v) is 7.80. The molecule has 5 heteroatoms. The largest absolute Gasteiger partial charge is 0.494 e. The van der Waals surface area contributed by atoms with Crippen molar-refractivity contribution in [3.63, 3.8) is 0 Å². The average Bonchev–Trinajstić information content (AvgIpc) is 2.55. The molecular weight excluding hydrogens is 288 g/mol. The number of nitrogens with one attached hydrogen (secondary N) is 1. The number of hydrogen-bond donors (Lipinski definition) is 1. The zero-order valence-electron chi connectivity index (χ0n) is 13.8. The van der Waals surface area contributed by atoms with Crippen LogP contribution in [0.4, 0.5) is 5.82 Å². The van der Waals surface area contributed by atoms with Gasteiger partial charge in [0.05, 0.1) is 12.6 Å². The van der Waals surface area contributed by atoms with E-state index in [1.54, 1.807) is 6.20 Å². The van der Waals surface area contributed by atoms with Crippen molar-refractivity contribution in [1.82, 2.24) is 9.97 Å². The number of rotatable bonds is 7. The Morgan fingerprint density at radius 2 is 1.83 bits per heavy atom. The van der Waals surface area contributed by atoms with E-state index in [-0.39, 0.29) is 6.04 Å². The van der Waals surface area contributed by atoms with Gasteiger partial charge in [0, 0.05) is 12.4 Å². The Hall–Kier alpha value is -2.61. The lowest BCUT2D eigenvalue weighted by Gasteiger charge is -2.16. The van der Waals surface area contributed by atoms with E-state index in [1.165, 1.54) is 6.20 Å². The summed E-state index contributed by atoms with van der Waals surface area (Å²) in [7, 11) is 0. The number of aromatic nitrogens is 2. The van der Waals surface area contributed by atoms with Gasteiger partial charge < -0.3 is 10.1 Å². The Bertz CT molecular complexity index is 661. The fraction of sp³-hybridized carbons (Fsp3) is 0.389. The number of nitriles is 1. The van der Waals surface area contributed by atoms with Crippen LogP contribution in [-0.2, 0) is 0 Å². The second-order valence-electron chi connectivity index (χ2n) is 5.83. The summed E-state index contributed by atoms with van der Waals surface area (Å²) in [5, 5.41) is 12.3. The first-order chi connectivity index (χ1) is 11.1. The molecule has 120 valence electrons. The molecule has 0 saturated heterocycles. The maximum absolute atomic E-state index is 9.05. The number of ether oxygens (including phenoxy) is 1. The number of nitrogens with zero attached hydrogens (tertiary/aromatic N) is 3. The molecule has 1 N–H and O–H groups in total. The van der Waals surface area contributed by atoms with Crippen molar-refractivity contribution < 1.29 is 4.74 Å². The monoisotopic (exact) mass is 310 g/mol. The molecule has 0 spiro atoms. The van der Waals surface area contributed by atoms with E-state index in [2.05, 4.69) is 29.1 Å². The van der Waals surface area contributed by atoms with Gasteiger partial charge in [-0.05, 0) is 37.0 Å². The molecule has 1 aromatic heterocycles. The highest BCUT2D eigenvalue weighted by atomic mass is 16.5. The molecule has 0 aliphatic heterocycles. The van der Waals surface area contributed by atoms with Crippen molar-refractivity contribution in [2.75, 3.05) is 11.9 Å². The van der Waals surface area contributed by atoms with Crippen LogP contribution >= 0.6 is 0 Å².